The molecule has 0 aromatic heterocycles. The van der Waals surface area contributed by atoms with Crippen LogP contribution in [-0.2, 0) is 28.6 Å². The lowest BCUT2D eigenvalue weighted by atomic mass is 10.0. The molecule has 0 bridgehead atoms. The van der Waals surface area contributed by atoms with E-state index in [2.05, 4.69) is 32.9 Å². The van der Waals surface area contributed by atoms with Crippen molar-refractivity contribution >= 4 is 17.9 Å². The van der Waals surface area contributed by atoms with Gasteiger partial charge >= 0.3 is 17.9 Å². The summed E-state index contributed by atoms with van der Waals surface area (Å²) in [4.78, 5) is 38.0. The summed E-state index contributed by atoms with van der Waals surface area (Å²) in [6.07, 6.45) is 57.7. The van der Waals surface area contributed by atoms with E-state index in [1.807, 2.05) is 0 Å². The number of ether oxygens (including phenoxy) is 3. The predicted octanol–water partition coefficient (Wildman–Crippen LogP) is 18.2. The van der Waals surface area contributed by atoms with Gasteiger partial charge in [0.05, 0.1) is 0 Å². The van der Waals surface area contributed by atoms with E-state index in [4.69, 9.17) is 14.2 Å². The smallest absolute Gasteiger partial charge is 0.306 e. The number of unbranched alkanes of at least 4 members (excludes halogenated alkanes) is 38. The van der Waals surface area contributed by atoms with Gasteiger partial charge in [0.1, 0.15) is 13.2 Å². The molecule has 0 aromatic rings. The third kappa shape index (κ3) is 49.2. The van der Waals surface area contributed by atoms with E-state index >= 15 is 0 Å². The van der Waals surface area contributed by atoms with Crippen LogP contribution in [-0.4, -0.2) is 37.2 Å². The van der Waals surface area contributed by atoms with Gasteiger partial charge in [0, 0.05) is 19.3 Å². The van der Waals surface area contributed by atoms with Crippen molar-refractivity contribution in [1.29, 1.82) is 0 Å². The minimum Gasteiger partial charge on any atom is -0.462 e. The number of hydrogen-bond donors (Lipinski definition) is 0. The maximum atomic E-state index is 12.8. The number of carbonyl (C=O) groups is 3. The first-order valence-electron chi connectivity index (χ1n) is 27.7. The molecule has 62 heavy (non-hydrogen) atoms. The Hall–Kier alpha value is -1.85. The second-order valence-corrected chi connectivity index (χ2v) is 18.9. The molecule has 366 valence electrons. The highest BCUT2D eigenvalue weighted by Crippen LogP contribution is 2.17. The van der Waals surface area contributed by atoms with Gasteiger partial charge in [-0.15, -0.1) is 0 Å². The number of esters is 3. The fraction of sp³-hybridized carbons (Fsp3) is 0.911. The van der Waals surface area contributed by atoms with Crippen molar-refractivity contribution in [3.8, 4) is 0 Å². The van der Waals surface area contributed by atoms with Gasteiger partial charge in [-0.2, -0.15) is 0 Å². The Morgan fingerprint density at radius 3 is 0.806 bits per heavy atom. The van der Waals surface area contributed by atoms with E-state index < -0.39 is 6.10 Å². The fourth-order valence-electron chi connectivity index (χ4n) is 8.32. The van der Waals surface area contributed by atoms with E-state index in [9.17, 15) is 14.4 Å². The number of carbonyl (C=O) groups excluding carboxylic acids is 3. The van der Waals surface area contributed by atoms with Crippen LogP contribution >= 0.6 is 0 Å². The molecule has 0 heterocycles. The predicted molar refractivity (Wildman–Crippen MR) is 266 cm³/mol. The van der Waals surface area contributed by atoms with Crippen LogP contribution in [0, 0.1) is 0 Å². The second-order valence-electron chi connectivity index (χ2n) is 18.9. The lowest BCUT2D eigenvalue weighted by Crippen LogP contribution is -2.30. The van der Waals surface area contributed by atoms with Gasteiger partial charge in [-0.05, 0) is 44.9 Å². The maximum absolute atomic E-state index is 12.8. The summed E-state index contributed by atoms with van der Waals surface area (Å²) in [5.41, 5.74) is 0. The van der Waals surface area contributed by atoms with E-state index in [-0.39, 0.29) is 31.1 Å². The van der Waals surface area contributed by atoms with E-state index in [0.29, 0.717) is 19.3 Å². The van der Waals surface area contributed by atoms with E-state index in [1.54, 1.807) is 0 Å². The number of allylic oxidation sites excluding steroid dienone is 2. The molecule has 6 heteroatoms. The first-order valence-corrected chi connectivity index (χ1v) is 27.7. The van der Waals surface area contributed by atoms with Gasteiger partial charge in [-0.3, -0.25) is 14.4 Å². The van der Waals surface area contributed by atoms with Crippen molar-refractivity contribution in [3.63, 3.8) is 0 Å². The van der Waals surface area contributed by atoms with Crippen molar-refractivity contribution in [1.82, 2.24) is 0 Å². The SMILES string of the molecule is CCCCCCCC/C=C\CCCCCCCCCCCC(=O)OCC(COC(=O)CCCCCCCCCCCCCC)OC(=O)CCCCCCCCCCCCCCC. The largest absolute Gasteiger partial charge is 0.462 e. The molecular weight excluding hydrogens is 769 g/mol. The Morgan fingerprint density at radius 2 is 0.532 bits per heavy atom. The van der Waals surface area contributed by atoms with Gasteiger partial charge in [0.25, 0.3) is 0 Å². The first-order chi connectivity index (χ1) is 30.5. The molecule has 0 fully saturated rings. The summed E-state index contributed by atoms with van der Waals surface area (Å²) in [6.45, 7) is 6.67. The zero-order chi connectivity index (χ0) is 45.1. The average molecular weight is 875 g/mol. The van der Waals surface area contributed by atoms with E-state index in [1.165, 1.54) is 212 Å². The zero-order valence-corrected chi connectivity index (χ0v) is 41.9. The molecule has 1 atom stereocenters. The lowest BCUT2D eigenvalue weighted by Gasteiger charge is -2.18. The summed E-state index contributed by atoms with van der Waals surface area (Å²) >= 11 is 0. The van der Waals surface area contributed by atoms with Crippen LogP contribution in [0.1, 0.15) is 310 Å². The van der Waals surface area contributed by atoms with Crippen LogP contribution in [0.3, 0.4) is 0 Å². The fourth-order valence-corrected chi connectivity index (χ4v) is 8.32. The van der Waals surface area contributed by atoms with Crippen molar-refractivity contribution in [2.45, 2.75) is 316 Å². The third-order valence-electron chi connectivity index (χ3n) is 12.5. The van der Waals surface area contributed by atoms with E-state index in [0.717, 1.165) is 57.8 Å². The third-order valence-corrected chi connectivity index (χ3v) is 12.5. The Kier molecular flexibility index (Phi) is 50.2. The highest BCUT2D eigenvalue weighted by atomic mass is 16.6. The minimum absolute atomic E-state index is 0.0648. The van der Waals surface area contributed by atoms with Gasteiger partial charge in [-0.25, -0.2) is 0 Å². The summed E-state index contributed by atoms with van der Waals surface area (Å²) in [5, 5.41) is 0. The van der Waals surface area contributed by atoms with Crippen LogP contribution in [0.4, 0.5) is 0 Å². The molecule has 0 radical (unpaired) electrons. The molecule has 0 saturated heterocycles. The Labute approximate surface area is 386 Å². The lowest BCUT2D eigenvalue weighted by molar-refractivity contribution is -0.167. The molecule has 6 nitrogen and oxygen atoms in total. The molecule has 0 aliphatic heterocycles. The monoisotopic (exact) mass is 875 g/mol. The summed E-state index contributed by atoms with van der Waals surface area (Å²) in [5.74, 6) is -0.847. The quantitative estimate of drug-likeness (QED) is 0.0262. The number of rotatable bonds is 51. The van der Waals surface area contributed by atoms with Gasteiger partial charge in [0.2, 0.25) is 0 Å². The topological polar surface area (TPSA) is 78.9 Å². The van der Waals surface area contributed by atoms with Gasteiger partial charge in [-0.1, -0.05) is 258 Å². The maximum Gasteiger partial charge on any atom is 0.306 e. The van der Waals surface area contributed by atoms with Gasteiger partial charge < -0.3 is 14.2 Å². The molecule has 0 amide bonds. The zero-order valence-electron chi connectivity index (χ0n) is 41.9. The van der Waals surface area contributed by atoms with Crippen LogP contribution in [0.25, 0.3) is 0 Å². The molecule has 0 saturated carbocycles. The molecule has 0 aliphatic rings. The van der Waals surface area contributed by atoms with Crippen LogP contribution < -0.4 is 0 Å². The summed E-state index contributed by atoms with van der Waals surface area (Å²) in [7, 11) is 0. The highest BCUT2D eigenvalue weighted by Gasteiger charge is 2.19. The normalized spacial score (nSPS) is 12.0. The summed E-state index contributed by atoms with van der Waals surface area (Å²) in [6, 6.07) is 0. The van der Waals surface area contributed by atoms with Gasteiger partial charge in [0.15, 0.2) is 6.10 Å². The van der Waals surface area contributed by atoms with Crippen molar-refractivity contribution in [3.05, 3.63) is 12.2 Å². The Morgan fingerprint density at radius 1 is 0.306 bits per heavy atom. The van der Waals surface area contributed by atoms with Crippen LogP contribution in [0.5, 0.6) is 0 Å². The minimum atomic E-state index is -0.763. The molecule has 0 aliphatic carbocycles. The van der Waals surface area contributed by atoms with Crippen molar-refractivity contribution in [2.75, 3.05) is 13.2 Å². The standard InChI is InChI=1S/C56H106O6/c1-4-7-10-13-16-19-22-25-26-27-28-29-30-32-34-37-40-43-46-49-55(58)61-52-53(51-60-54(57)48-45-42-39-36-33-24-21-18-15-12-9-6-3)62-56(59)50-47-44-41-38-35-31-23-20-17-14-11-8-5-2/h25-26,53H,4-24,27-52H2,1-3H3/b26-25-. The Balaban J connectivity index is 4.27. The molecule has 0 rings (SSSR count). The van der Waals surface area contributed by atoms with Crippen molar-refractivity contribution in [2.24, 2.45) is 0 Å². The molecule has 0 spiro atoms. The second kappa shape index (κ2) is 51.8. The Bertz CT molecular complexity index is 962. The molecule has 0 aromatic carbocycles. The molecule has 0 N–H and O–H groups in total. The number of hydrogen-bond acceptors (Lipinski definition) is 6. The van der Waals surface area contributed by atoms with Crippen molar-refractivity contribution < 1.29 is 28.6 Å². The molecular formula is C56H106O6. The van der Waals surface area contributed by atoms with Crippen LogP contribution in [0.15, 0.2) is 12.2 Å². The van der Waals surface area contributed by atoms with Crippen LogP contribution in [0.2, 0.25) is 0 Å². The average Bonchev–Trinajstić information content (AvgIpc) is 3.27. The summed E-state index contributed by atoms with van der Waals surface area (Å²) < 4.78 is 16.8. The highest BCUT2D eigenvalue weighted by molar-refractivity contribution is 5.71. The first kappa shape index (κ1) is 60.2. The molecule has 1 unspecified atom stereocenters.